The van der Waals surface area contributed by atoms with E-state index in [0.717, 1.165) is 16.8 Å². The van der Waals surface area contributed by atoms with E-state index in [4.69, 9.17) is 9.47 Å². The van der Waals surface area contributed by atoms with E-state index in [0.29, 0.717) is 35.1 Å². The zero-order chi connectivity index (χ0) is 23.9. The summed E-state index contributed by atoms with van der Waals surface area (Å²) in [5.74, 6) is 1.40. The fraction of sp³-hybridized carbons (Fsp3) is 0.115. The zero-order valence-corrected chi connectivity index (χ0v) is 18.7. The fourth-order valence-electron chi connectivity index (χ4n) is 3.33. The second-order valence-corrected chi connectivity index (χ2v) is 7.36. The number of rotatable bonds is 8. The van der Waals surface area contributed by atoms with Crippen LogP contribution >= 0.6 is 0 Å². The van der Waals surface area contributed by atoms with Gasteiger partial charge in [0, 0.05) is 41.1 Å². The Labute approximate surface area is 196 Å². The molecule has 0 aliphatic heterocycles. The molecule has 0 bridgehead atoms. The normalized spacial score (nSPS) is 10.4. The third-order valence-corrected chi connectivity index (χ3v) is 5.16. The van der Waals surface area contributed by atoms with Gasteiger partial charge < -0.3 is 20.1 Å². The Kier molecular flexibility index (Phi) is 6.98. The smallest absolute Gasteiger partial charge is 0.251 e. The van der Waals surface area contributed by atoms with Crippen molar-refractivity contribution in [2.24, 2.45) is 0 Å². The SMILES string of the molecule is COc1ccc(CNC(=O)c2ccc(Nc3cc(-c4ccc(F)cc4)ncn3)cc2)c(OC)c1. The molecule has 172 valence electrons. The minimum atomic E-state index is -0.302. The number of aromatic nitrogens is 2. The van der Waals surface area contributed by atoms with Gasteiger partial charge in [0.05, 0.1) is 19.9 Å². The number of carbonyl (C=O) groups excluding carboxylic acids is 1. The number of amides is 1. The number of methoxy groups -OCH3 is 2. The first-order valence-electron chi connectivity index (χ1n) is 10.5. The lowest BCUT2D eigenvalue weighted by Gasteiger charge is -2.12. The van der Waals surface area contributed by atoms with Gasteiger partial charge in [-0.05, 0) is 60.7 Å². The third kappa shape index (κ3) is 5.47. The Morgan fingerprint density at radius 3 is 2.38 bits per heavy atom. The fourth-order valence-corrected chi connectivity index (χ4v) is 3.33. The summed E-state index contributed by atoms with van der Waals surface area (Å²) in [7, 11) is 3.16. The summed E-state index contributed by atoms with van der Waals surface area (Å²) >= 11 is 0. The number of anilines is 2. The standard InChI is InChI=1S/C26H23FN4O3/c1-33-22-12-7-19(24(13-22)34-2)15-28-26(32)18-5-10-21(11-6-18)31-25-14-23(29-16-30-25)17-3-8-20(27)9-4-17/h3-14,16H,15H2,1-2H3,(H,28,32)(H,29,30,31). The maximum absolute atomic E-state index is 13.2. The lowest BCUT2D eigenvalue weighted by atomic mass is 10.1. The maximum Gasteiger partial charge on any atom is 0.251 e. The van der Waals surface area contributed by atoms with Gasteiger partial charge in [0.1, 0.15) is 29.5 Å². The summed E-state index contributed by atoms with van der Waals surface area (Å²) < 4.78 is 23.7. The number of nitrogens with one attached hydrogen (secondary N) is 2. The second kappa shape index (κ2) is 10.4. The molecule has 2 N–H and O–H groups in total. The van der Waals surface area contributed by atoms with Crippen LogP contribution in [0.1, 0.15) is 15.9 Å². The van der Waals surface area contributed by atoms with E-state index in [1.54, 1.807) is 62.8 Å². The first kappa shape index (κ1) is 22.7. The summed E-state index contributed by atoms with van der Waals surface area (Å²) in [6, 6.07) is 20.4. The van der Waals surface area contributed by atoms with E-state index in [9.17, 15) is 9.18 Å². The molecule has 1 heterocycles. The van der Waals surface area contributed by atoms with Crippen molar-refractivity contribution in [3.8, 4) is 22.8 Å². The zero-order valence-electron chi connectivity index (χ0n) is 18.7. The Bertz CT molecular complexity index is 1280. The van der Waals surface area contributed by atoms with Crippen molar-refractivity contribution in [1.29, 1.82) is 0 Å². The quantitative estimate of drug-likeness (QED) is 0.388. The molecule has 3 aromatic carbocycles. The molecule has 4 rings (SSSR count). The van der Waals surface area contributed by atoms with Crippen LogP contribution in [0, 0.1) is 5.82 Å². The third-order valence-electron chi connectivity index (χ3n) is 5.16. The Morgan fingerprint density at radius 2 is 1.68 bits per heavy atom. The van der Waals surface area contributed by atoms with Crippen LogP contribution in [0.25, 0.3) is 11.3 Å². The Balaban J connectivity index is 1.39. The molecule has 0 saturated carbocycles. The van der Waals surface area contributed by atoms with Crippen molar-refractivity contribution in [3.05, 3.63) is 96.1 Å². The van der Waals surface area contributed by atoms with Crippen molar-refractivity contribution in [1.82, 2.24) is 15.3 Å². The molecule has 0 saturated heterocycles. The van der Waals surface area contributed by atoms with Crippen LogP contribution in [0.2, 0.25) is 0 Å². The minimum Gasteiger partial charge on any atom is -0.497 e. The van der Waals surface area contributed by atoms with Crippen molar-refractivity contribution in [2.75, 3.05) is 19.5 Å². The highest BCUT2D eigenvalue weighted by Gasteiger charge is 2.10. The van der Waals surface area contributed by atoms with Gasteiger partial charge >= 0.3 is 0 Å². The van der Waals surface area contributed by atoms with Crippen LogP contribution in [-0.4, -0.2) is 30.1 Å². The Morgan fingerprint density at radius 1 is 0.912 bits per heavy atom. The van der Waals surface area contributed by atoms with Crippen molar-refractivity contribution >= 4 is 17.4 Å². The van der Waals surface area contributed by atoms with Crippen LogP contribution in [0.4, 0.5) is 15.9 Å². The maximum atomic E-state index is 13.2. The van der Waals surface area contributed by atoms with Gasteiger partial charge in [-0.1, -0.05) is 0 Å². The van der Waals surface area contributed by atoms with Crippen molar-refractivity contribution in [2.45, 2.75) is 6.54 Å². The molecular weight excluding hydrogens is 435 g/mol. The number of benzene rings is 3. The molecular formula is C26H23FN4O3. The predicted octanol–water partition coefficient (Wildman–Crippen LogP) is 4.97. The summed E-state index contributed by atoms with van der Waals surface area (Å²) in [5, 5.41) is 6.09. The van der Waals surface area contributed by atoms with E-state index in [2.05, 4.69) is 20.6 Å². The summed E-state index contributed by atoms with van der Waals surface area (Å²) in [6.07, 6.45) is 1.44. The van der Waals surface area contributed by atoms with Crippen LogP contribution in [-0.2, 0) is 6.54 Å². The average Bonchev–Trinajstić information content (AvgIpc) is 2.88. The lowest BCUT2D eigenvalue weighted by molar-refractivity contribution is 0.0950. The van der Waals surface area contributed by atoms with Crippen molar-refractivity contribution < 1.29 is 18.7 Å². The molecule has 1 aromatic heterocycles. The summed E-state index contributed by atoms with van der Waals surface area (Å²) in [6.45, 7) is 0.319. The monoisotopic (exact) mass is 458 g/mol. The lowest BCUT2D eigenvalue weighted by Crippen LogP contribution is -2.23. The number of hydrogen-bond donors (Lipinski definition) is 2. The van der Waals surface area contributed by atoms with E-state index in [-0.39, 0.29) is 11.7 Å². The van der Waals surface area contributed by atoms with Gasteiger partial charge in [-0.25, -0.2) is 14.4 Å². The molecule has 0 aliphatic carbocycles. The summed E-state index contributed by atoms with van der Waals surface area (Å²) in [5.41, 5.74) is 3.58. The van der Waals surface area contributed by atoms with Crippen LogP contribution in [0.15, 0.2) is 79.1 Å². The highest BCUT2D eigenvalue weighted by atomic mass is 19.1. The predicted molar refractivity (Wildman–Crippen MR) is 128 cm³/mol. The van der Waals surface area contributed by atoms with Gasteiger partial charge in [-0.2, -0.15) is 0 Å². The van der Waals surface area contributed by atoms with Gasteiger partial charge in [0.25, 0.3) is 5.91 Å². The topological polar surface area (TPSA) is 85.4 Å². The van der Waals surface area contributed by atoms with E-state index < -0.39 is 0 Å². The molecule has 34 heavy (non-hydrogen) atoms. The molecule has 0 spiro atoms. The molecule has 7 nitrogen and oxygen atoms in total. The van der Waals surface area contributed by atoms with Gasteiger partial charge in [-0.3, -0.25) is 4.79 Å². The number of hydrogen-bond acceptors (Lipinski definition) is 6. The van der Waals surface area contributed by atoms with Gasteiger partial charge in [-0.15, -0.1) is 0 Å². The summed E-state index contributed by atoms with van der Waals surface area (Å²) in [4.78, 5) is 21.1. The van der Waals surface area contributed by atoms with Gasteiger partial charge in [0.2, 0.25) is 0 Å². The molecule has 4 aromatic rings. The van der Waals surface area contributed by atoms with Crippen LogP contribution < -0.4 is 20.1 Å². The molecule has 8 heteroatoms. The number of carbonyl (C=O) groups is 1. The van der Waals surface area contributed by atoms with Crippen LogP contribution in [0.3, 0.4) is 0 Å². The number of ether oxygens (including phenoxy) is 2. The van der Waals surface area contributed by atoms with E-state index >= 15 is 0 Å². The van der Waals surface area contributed by atoms with Gasteiger partial charge in [0.15, 0.2) is 0 Å². The highest BCUT2D eigenvalue weighted by molar-refractivity contribution is 5.94. The molecule has 1 amide bonds. The minimum absolute atomic E-state index is 0.204. The van der Waals surface area contributed by atoms with Crippen molar-refractivity contribution in [3.63, 3.8) is 0 Å². The Hall–Kier alpha value is -4.46. The highest BCUT2D eigenvalue weighted by Crippen LogP contribution is 2.25. The molecule has 0 radical (unpaired) electrons. The molecule has 0 fully saturated rings. The molecule has 0 atom stereocenters. The average molecular weight is 458 g/mol. The number of nitrogens with zero attached hydrogens (tertiary/aromatic N) is 2. The molecule has 0 aliphatic rings. The first-order chi connectivity index (χ1) is 16.6. The van der Waals surface area contributed by atoms with E-state index in [1.807, 2.05) is 12.1 Å². The number of halogens is 1. The van der Waals surface area contributed by atoms with E-state index in [1.165, 1.54) is 18.5 Å². The largest absolute Gasteiger partial charge is 0.497 e. The second-order valence-electron chi connectivity index (χ2n) is 7.36. The van der Waals surface area contributed by atoms with Crippen LogP contribution in [0.5, 0.6) is 11.5 Å². The first-order valence-corrected chi connectivity index (χ1v) is 10.5. The molecule has 0 unspecified atom stereocenters.